The minimum Gasteiger partial charge on any atom is -0.277 e. The van der Waals surface area contributed by atoms with Gasteiger partial charge in [-0.3, -0.25) is 5.43 Å². The van der Waals surface area contributed by atoms with Gasteiger partial charge in [0.25, 0.3) is 5.04 Å². The predicted molar refractivity (Wildman–Crippen MR) is 83.2 cm³/mol. The van der Waals surface area contributed by atoms with Crippen LogP contribution < -0.4 is 10.6 Å². The molecule has 8 nitrogen and oxygen atoms in total. The number of rotatable bonds is 3. The summed E-state index contributed by atoms with van der Waals surface area (Å²) in [7, 11) is -7.69. The van der Waals surface area contributed by atoms with Gasteiger partial charge in [0.2, 0.25) is 19.9 Å². The van der Waals surface area contributed by atoms with Crippen molar-refractivity contribution in [2.75, 3.05) is 5.43 Å². The maximum Gasteiger partial charge on any atom is 0.252 e. The van der Waals surface area contributed by atoms with Crippen molar-refractivity contribution in [2.24, 2.45) is 10.2 Å². The van der Waals surface area contributed by atoms with E-state index < -0.39 is 29.7 Å². The van der Waals surface area contributed by atoms with Gasteiger partial charge < -0.3 is 0 Å². The van der Waals surface area contributed by atoms with Gasteiger partial charge >= 0.3 is 0 Å². The molecule has 0 heterocycles. The van der Waals surface area contributed by atoms with Crippen molar-refractivity contribution in [3.63, 3.8) is 0 Å². The zero-order valence-corrected chi connectivity index (χ0v) is 13.9. The number of sulfonamides is 1. The normalized spacial score (nSPS) is 13.5. The van der Waals surface area contributed by atoms with E-state index in [1.165, 1.54) is 51.1 Å². The van der Waals surface area contributed by atoms with Gasteiger partial charge in [0.1, 0.15) is 6.07 Å². The summed E-state index contributed by atoms with van der Waals surface area (Å²) in [6.45, 7) is 4.36. The van der Waals surface area contributed by atoms with Crippen LogP contribution >= 0.6 is 0 Å². The van der Waals surface area contributed by atoms with Crippen LogP contribution in [0.5, 0.6) is 0 Å². The summed E-state index contributed by atoms with van der Waals surface area (Å²) < 4.78 is 45.2. The molecule has 0 aliphatic carbocycles. The predicted octanol–water partition coefficient (Wildman–Crippen LogP) is 0.796. The number of hydrogen-bond acceptors (Lipinski definition) is 7. The first-order valence-electron chi connectivity index (χ1n) is 6.01. The van der Waals surface area contributed by atoms with E-state index in [9.17, 15) is 16.8 Å². The second kappa shape index (κ2) is 6.04. The smallest absolute Gasteiger partial charge is 0.252 e. The van der Waals surface area contributed by atoms with Crippen LogP contribution in [0.2, 0.25) is 0 Å². The summed E-state index contributed by atoms with van der Waals surface area (Å²) >= 11 is 0. The SMILES string of the molecule is CC(C)(C)S(=O)(=O)C(C#N)=NNc1ccc(S(N)(=O)=O)cc1. The Kier molecular flexibility index (Phi) is 4.96. The molecule has 22 heavy (non-hydrogen) atoms. The highest BCUT2D eigenvalue weighted by atomic mass is 32.2. The molecule has 0 atom stereocenters. The van der Waals surface area contributed by atoms with Gasteiger partial charge in [0.05, 0.1) is 15.3 Å². The van der Waals surface area contributed by atoms with Crippen LogP contribution in [0.25, 0.3) is 0 Å². The summed E-state index contributed by atoms with van der Waals surface area (Å²) in [5.41, 5.74) is 2.71. The maximum absolute atomic E-state index is 12.1. The molecule has 1 aromatic rings. The first-order valence-corrected chi connectivity index (χ1v) is 9.04. The van der Waals surface area contributed by atoms with Crippen LogP contribution in [0.4, 0.5) is 5.69 Å². The average Bonchev–Trinajstić information content (AvgIpc) is 2.37. The molecule has 120 valence electrons. The van der Waals surface area contributed by atoms with Crippen molar-refractivity contribution in [3.05, 3.63) is 24.3 Å². The van der Waals surface area contributed by atoms with Crippen LogP contribution in [0.1, 0.15) is 20.8 Å². The average molecular weight is 344 g/mol. The van der Waals surface area contributed by atoms with Gasteiger partial charge in [-0.1, -0.05) is 0 Å². The van der Waals surface area contributed by atoms with E-state index in [-0.39, 0.29) is 4.90 Å². The molecule has 0 aliphatic heterocycles. The van der Waals surface area contributed by atoms with E-state index >= 15 is 0 Å². The second-order valence-corrected chi connectivity index (χ2v) is 9.51. The molecular weight excluding hydrogens is 328 g/mol. The third kappa shape index (κ3) is 4.03. The molecule has 0 spiro atoms. The molecule has 0 saturated carbocycles. The number of primary sulfonamides is 1. The van der Waals surface area contributed by atoms with Gasteiger partial charge in [0.15, 0.2) is 0 Å². The van der Waals surface area contributed by atoms with E-state index in [1.807, 2.05) is 0 Å². The Balaban J connectivity index is 3.08. The van der Waals surface area contributed by atoms with E-state index in [0.29, 0.717) is 5.69 Å². The zero-order valence-electron chi connectivity index (χ0n) is 12.2. The number of anilines is 1. The Morgan fingerprint density at radius 2 is 1.68 bits per heavy atom. The molecule has 0 amide bonds. The van der Waals surface area contributed by atoms with Crippen LogP contribution in [0.15, 0.2) is 34.3 Å². The minimum atomic E-state index is -3.88. The number of nitriles is 1. The van der Waals surface area contributed by atoms with Crippen molar-refractivity contribution >= 4 is 30.6 Å². The van der Waals surface area contributed by atoms with E-state index in [2.05, 4.69) is 10.5 Å². The minimum absolute atomic E-state index is 0.0927. The van der Waals surface area contributed by atoms with Gasteiger partial charge in [-0.05, 0) is 45.0 Å². The maximum atomic E-state index is 12.1. The van der Waals surface area contributed by atoms with Crippen LogP contribution in [0, 0.1) is 11.3 Å². The van der Waals surface area contributed by atoms with Crippen molar-refractivity contribution in [2.45, 2.75) is 30.4 Å². The van der Waals surface area contributed by atoms with E-state index in [4.69, 9.17) is 10.4 Å². The molecule has 0 saturated heterocycles. The fraction of sp³-hybridized carbons (Fsp3) is 0.333. The van der Waals surface area contributed by atoms with Crippen LogP contribution in [-0.4, -0.2) is 26.6 Å². The third-order valence-corrected chi connectivity index (χ3v) is 5.86. The monoisotopic (exact) mass is 344 g/mol. The number of hydrogen-bond donors (Lipinski definition) is 2. The first kappa shape index (κ1) is 18.1. The molecule has 10 heteroatoms. The lowest BCUT2D eigenvalue weighted by atomic mass is 10.3. The van der Waals surface area contributed by atoms with Gasteiger partial charge in [0, 0.05) is 0 Å². The Hall–Kier alpha value is -1.96. The number of benzene rings is 1. The standard InChI is InChI=1S/C12H16N4O4S2/c1-12(2,3)21(17,18)11(8-13)16-15-9-4-6-10(7-5-9)22(14,19)20/h4-7,15H,1-3H3,(H2,14,19,20). The molecule has 0 aromatic heterocycles. The van der Waals surface area contributed by atoms with Gasteiger partial charge in [-0.15, -0.1) is 0 Å². The molecule has 3 N–H and O–H groups in total. The third-order valence-electron chi connectivity index (χ3n) is 2.63. The van der Waals surface area contributed by atoms with Crippen molar-refractivity contribution < 1.29 is 16.8 Å². The molecule has 0 radical (unpaired) electrons. The Labute approximate surface area is 129 Å². The lowest BCUT2D eigenvalue weighted by Gasteiger charge is -2.17. The highest BCUT2D eigenvalue weighted by Crippen LogP contribution is 2.18. The number of nitrogens with zero attached hydrogens (tertiary/aromatic N) is 2. The summed E-state index contributed by atoms with van der Waals surface area (Å²) in [4.78, 5) is -0.0927. The number of nitrogens with one attached hydrogen (secondary N) is 1. The highest BCUT2D eigenvalue weighted by Gasteiger charge is 2.34. The van der Waals surface area contributed by atoms with Gasteiger partial charge in [-0.25, -0.2) is 22.0 Å². The highest BCUT2D eigenvalue weighted by molar-refractivity contribution is 8.08. The number of hydrazone groups is 1. The molecule has 0 unspecified atom stereocenters. The number of sulfone groups is 1. The van der Waals surface area contributed by atoms with Crippen molar-refractivity contribution in [1.29, 1.82) is 5.26 Å². The molecule has 0 fully saturated rings. The number of nitrogens with two attached hydrogens (primary N) is 1. The lowest BCUT2D eigenvalue weighted by molar-refractivity contribution is 0.573. The molecule has 0 bridgehead atoms. The Morgan fingerprint density at radius 1 is 1.18 bits per heavy atom. The summed E-state index contributed by atoms with van der Waals surface area (Å²) in [5, 5.41) is 16.8. The molecule has 1 aromatic carbocycles. The Bertz CT molecular complexity index is 827. The zero-order chi connectivity index (χ0) is 17.2. The molecule has 1 rings (SSSR count). The fourth-order valence-electron chi connectivity index (χ4n) is 1.27. The quantitative estimate of drug-likeness (QED) is 0.471. The first-order chi connectivity index (χ1) is 9.89. The lowest BCUT2D eigenvalue weighted by Crippen LogP contribution is -2.34. The van der Waals surface area contributed by atoms with Crippen molar-refractivity contribution in [1.82, 2.24) is 0 Å². The Morgan fingerprint density at radius 3 is 2.05 bits per heavy atom. The largest absolute Gasteiger partial charge is 0.277 e. The summed E-state index contributed by atoms with van der Waals surface area (Å²) in [6, 6.07) is 6.70. The van der Waals surface area contributed by atoms with E-state index in [1.54, 1.807) is 0 Å². The summed E-state index contributed by atoms with van der Waals surface area (Å²) in [6.07, 6.45) is 0. The second-order valence-electron chi connectivity index (χ2n) is 5.33. The topological polar surface area (TPSA) is 142 Å². The van der Waals surface area contributed by atoms with Crippen LogP contribution in [-0.2, 0) is 19.9 Å². The molecular formula is C12H16N4O4S2. The van der Waals surface area contributed by atoms with Crippen LogP contribution in [0.3, 0.4) is 0 Å². The van der Waals surface area contributed by atoms with Crippen molar-refractivity contribution in [3.8, 4) is 6.07 Å². The fourth-order valence-corrected chi connectivity index (χ4v) is 2.65. The molecule has 0 aliphatic rings. The summed E-state index contributed by atoms with van der Waals surface area (Å²) in [5.74, 6) is 0. The van der Waals surface area contributed by atoms with E-state index in [0.717, 1.165) is 0 Å². The van der Waals surface area contributed by atoms with Gasteiger partial charge in [-0.2, -0.15) is 10.4 Å².